The highest BCUT2D eigenvalue weighted by molar-refractivity contribution is 5.73. The summed E-state index contributed by atoms with van der Waals surface area (Å²) in [6.45, 7) is 4.01. The summed E-state index contributed by atoms with van der Waals surface area (Å²) in [4.78, 5) is 10.1. The molecule has 13 heavy (non-hydrogen) atoms. The van der Waals surface area contributed by atoms with E-state index in [1.54, 1.807) is 0 Å². The van der Waals surface area contributed by atoms with Crippen LogP contribution in [0, 0.1) is 5.41 Å². The van der Waals surface area contributed by atoms with Gasteiger partial charge in [-0.05, 0) is 20.8 Å². The minimum Gasteiger partial charge on any atom is -0.481 e. The van der Waals surface area contributed by atoms with Crippen molar-refractivity contribution in [2.45, 2.75) is 26.9 Å². The van der Waals surface area contributed by atoms with Gasteiger partial charge in [0, 0.05) is 0 Å². The number of carbonyl (C=O) groups is 1. The van der Waals surface area contributed by atoms with Gasteiger partial charge in [-0.15, -0.1) is 0 Å². The van der Waals surface area contributed by atoms with Gasteiger partial charge in [-0.2, -0.15) is 0 Å². The van der Waals surface area contributed by atoms with Crippen LogP contribution in [-0.4, -0.2) is 45.7 Å². The van der Waals surface area contributed by atoms with Crippen LogP contribution in [0.25, 0.3) is 0 Å². The summed E-state index contributed by atoms with van der Waals surface area (Å²) in [5, 5.41) is 32.7. The number of hydrogen-bond acceptors (Lipinski definition) is 4. The third kappa shape index (κ3) is 9.26. The molecule has 0 bridgehead atoms. The zero-order valence-electron chi connectivity index (χ0n) is 8.19. The second-order valence-corrected chi connectivity index (χ2v) is 3.38. The summed E-state index contributed by atoms with van der Waals surface area (Å²) in [5.41, 5.74) is -0.986. The number of rotatable bonds is 3. The lowest BCUT2D eigenvalue weighted by Crippen LogP contribution is -2.27. The summed E-state index contributed by atoms with van der Waals surface area (Å²) in [7, 11) is 0. The fraction of sp³-hybridized carbons (Fsp3) is 0.875. The van der Waals surface area contributed by atoms with E-state index in [0.717, 1.165) is 0 Å². The molecule has 0 saturated heterocycles. The molecular formula is C8H18O5. The first kappa shape index (κ1) is 14.9. The molecule has 0 spiro atoms. The molecule has 0 rings (SSSR count). The van der Waals surface area contributed by atoms with Crippen LogP contribution < -0.4 is 0 Å². The van der Waals surface area contributed by atoms with Crippen molar-refractivity contribution in [1.29, 1.82) is 0 Å². The van der Waals surface area contributed by atoms with E-state index in [4.69, 9.17) is 20.4 Å². The van der Waals surface area contributed by atoms with E-state index in [0.29, 0.717) is 0 Å². The Morgan fingerprint density at radius 1 is 1.38 bits per heavy atom. The Balaban J connectivity index is 0. The average Bonchev–Trinajstić information content (AvgIpc) is 2.05. The van der Waals surface area contributed by atoms with Crippen molar-refractivity contribution in [2.24, 2.45) is 5.41 Å². The molecule has 0 aliphatic heterocycles. The number of aliphatic carboxylic acids is 1. The lowest BCUT2D eigenvalue weighted by atomic mass is 9.96. The fourth-order valence-corrected chi connectivity index (χ4v) is 0.0676. The van der Waals surface area contributed by atoms with Crippen LogP contribution in [0.3, 0.4) is 0 Å². The van der Waals surface area contributed by atoms with Crippen LogP contribution in [0.15, 0.2) is 0 Å². The first-order chi connectivity index (χ1) is 5.77. The van der Waals surface area contributed by atoms with Gasteiger partial charge in [-0.25, -0.2) is 0 Å². The molecule has 0 heterocycles. The van der Waals surface area contributed by atoms with Gasteiger partial charge in [0.05, 0.1) is 24.7 Å². The van der Waals surface area contributed by atoms with Crippen LogP contribution >= 0.6 is 0 Å². The topological polar surface area (TPSA) is 98.0 Å². The molecule has 1 atom stereocenters. The minimum atomic E-state index is -0.986. The maximum absolute atomic E-state index is 10.1. The van der Waals surface area contributed by atoms with Crippen LogP contribution in [0.4, 0.5) is 0 Å². The summed E-state index contributed by atoms with van der Waals surface area (Å²) >= 11 is 0. The largest absolute Gasteiger partial charge is 0.481 e. The smallest absolute Gasteiger partial charge is 0.311 e. The molecule has 4 N–H and O–H groups in total. The first-order valence-corrected chi connectivity index (χ1v) is 3.91. The van der Waals surface area contributed by atoms with Gasteiger partial charge in [-0.1, -0.05) is 0 Å². The van der Waals surface area contributed by atoms with Crippen LogP contribution in [0.1, 0.15) is 20.8 Å². The highest BCUT2D eigenvalue weighted by Crippen LogP contribution is 2.12. The average molecular weight is 194 g/mol. The van der Waals surface area contributed by atoms with E-state index in [1.807, 2.05) is 0 Å². The van der Waals surface area contributed by atoms with Crippen LogP contribution in [-0.2, 0) is 4.79 Å². The second kappa shape index (κ2) is 6.82. The number of carboxylic acid groups (broad SMARTS) is 1. The van der Waals surface area contributed by atoms with E-state index < -0.39 is 17.5 Å². The lowest BCUT2D eigenvalue weighted by molar-refractivity contribution is -0.148. The Kier molecular flexibility index (Phi) is 7.79. The van der Waals surface area contributed by atoms with E-state index >= 15 is 0 Å². The SMILES string of the molecule is CC(C)(CO)C(=O)O.CC(O)CO. The van der Waals surface area contributed by atoms with Crippen LogP contribution in [0.2, 0.25) is 0 Å². The molecule has 0 fully saturated rings. The number of aliphatic hydroxyl groups is 3. The molecule has 0 aromatic rings. The Morgan fingerprint density at radius 3 is 1.69 bits per heavy atom. The molecule has 0 amide bonds. The molecule has 5 nitrogen and oxygen atoms in total. The molecule has 0 aliphatic carbocycles. The fourth-order valence-electron chi connectivity index (χ4n) is 0.0676. The molecule has 1 unspecified atom stereocenters. The van der Waals surface area contributed by atoms with Crippen LogP contribution in [0.5, 0.6) is 0 Å². The van der Waals surface area contributed by atoms with Crippen molar-refractivity contribution in [3.8, 4) is 0 Å². The normalized spacial score (nSPS) is 12.8. The molecule has 5 heteroatoms. The Labute approximate surface area is 77.6 Å². The Hall–Kier alpha value is -0.650. The van der Waals surface area contributed by atoms with Gasteiger partial charge in [0.15, 0.2) is 0 Å². The molecule has 0 aliphatic rings. The Bertz CT molecular complexity index is 141. The summed E-state index contributed by atoms with van der Waals surface area (Å²) in [6, 6.07) is 0. The lowest BCUT2D eigenvalue weighted by Gasteiger charge is -2.13. The van der Waals surface area contributed by atoms with Gasteiger partial charge < -0.3 is 20.4 Å². The van der Waals surface area contributed by atoms with E-state index in [1.165, 1.54) is 20.8 Å². The maximum atomic E-state index is 10.1. The van der Waals surface area contributed by atoms with E-state index in [2.05, 4.69) is 0 Å². The minimum absolute atomic E-state index is 0.139. The maximum Gasteiger partial charge on any atom is 0.311 e. The summed E-state index contributed by atoms with van der Waals surface area (Å²) in [5.74, 6) is -0.972. The first-order valence-electron chi connectivity index (χ1n) is 3.91. The zero-order valence-corrected chi connectivity index (χ0v) is 8.19. The van der Waals surface area contributed by atoms with Crippen molar-refractivity contribution in [3.63, 3.8) is 0 Å². The van der Waals surface area contributed by atoms with E-state index in [-0.39, 0.29) is 13.2 Å². The van der Waals surface area contributed by atoms with E-state index in [9.17, 15) is 4.79 Å². The third-order valence-corrected chi connectivity index (χ3v) is 1.24. The number of aliphatic hydroxyl groups excluding tert-OH is 3. The van der Waals surface area contributed by atoms with Gasteiger partial charge in [0.1, 0.15) is 0 Å². The third-order valence-electron chi connectivity index (χ3n) is 1.24. The highest BCUT2D eigenvalue weighted by atomic mass is 16.4. The van der Waals surface area contributed by atoms with Crippen molar-refractivity contribution >= 4 is 5.97 Å². The number of hydrogen-bond donors (Lipinski definition) is 4. The quantitative estimate of drug-likeness (QED) is 0.483. The molecule has 0 aromatic carbocycles. The predicted octanol–water partition coefficient (Wildman–Crippen LogP) is -0.551. The second-order valence-electron chi connectivity index (χ2n) is 3.38. The van der Waals surface area contributed by atoms with Crippen molar-refractivity contribution in [1.82, 2.24) is 0 Å². The summed E-state index contributed by atoms with van der Waals surface area (Å²) in [6.07, 6.45) is -0.560. The zero-order chi connectivity index (χ0) is 11.1. The standard InChI is InChI=1S/C5H10O3.C3H8O2/c1-5(2,3-6)4(7)8;1-3(5)2-4/h6H,3H2,1-2H3,(H,7,8);3-5H,2H2,1H3. The molecule has 0 radical (unpaired) electrons. The van der Waals surface area contributed by atoms with Crippen molar-refractivity contribution < 1.29 is 25.2 Å². The van der Waals surface area contributed by atoms with Gasteiger partial charge in [-0.3, -0.25) is 4.79 Å². The predicted molar refractivity (Wildman–Crippen MR) is 47.3 cm³/mol. The number of carboxylic acids is 1. The van der Waals surface area contributed by atoms with Gasteiger partial charge in [0.2, 0.25) is 0 Å². The van der Waals surface area contributed by atoms with Gasteiger partial charge in [0.25, 0.3) is 0 Å². The highest BCUT2D eigenvalue weighted by Gasteiger charge is 2.25. The molecule has 80 valence electrons. The molecule has 0 aromatic heterocycles. The monoisotopic (exact) mass is 194 g/mol. The Morgan fingerprint density at radius 2 is 1.69 bits per heavy atom. The molecular weight excluding hydrogens is 176 g/mol. The van der Waals surface area contributed by atoms with Crippen molar-refractivity contribution in [2.75, 3.05) is 13.2 Å². The summed E-state index contributed by atoms with van der Waals surface area (Å²) < 4.78 is 0. The van der Waals surface area contributed by atoms with Crippen molar-refractivity contribution in [3.05, 3.63) is 0 Å². The van der Waals surface area contributed by atoms with Gasteiger partial charge >= 0.3 is 5.97 Å². The molecule has 0 saturated carbocycles.